The van der Waals surface area contributed by atoms with Crippen molar-refractivity contribution in [2.45, 2.75) is 6.92 Å². The van der Waals surface area contributed by atoms with Crippen LogP contribution in [0.2, 0.25) is 5.02 Å². The van der Waals surface area contributed by atoms with Gasteiger partial charge in [0.2, 0.25) is 5.91 Å². The summed E-state index contributed by atoms with van der Waals surface area (Å²) >= 11 is 7.50. The molecule has 0 unspecified atom stereocenters. The van der Waals surface area contributed by atoms with Crippen LogP contribution in [0.1, 0.15) is 4.88 Å². The van der Waals surface area contributed by atoms with Crippen molar-refractivity contribution in [3.05, 3.63) is 40.4 Å². The number of aryl methyl sites for hydroxylation is 1. The molecule has 0 radical (unpaired) electrons. The predicted molar refractivity (Wildman–Crippen MR) is 104 cm³/mol. The molecule has 26 heavy (non-hydrogen) atoms. The average molecular weight is 394 g/mol. The van der Waals surface area contributed by atoms with Crippen LogP contribution in [0.5, 0.6) is 0 Å². The summed E-state index contributed by atoms with van der Waals surface area (Å²) < 4.78 is 0. The molecule has 1 fully saturated rings. The van der Waals surface area contributed by atoms with Gasteiger partial charge in [0.15, 0.2) is 5.13 Å². The van der Waals surface area contributed by atoms with Crippen LogP contribution in [0, 0.1) is 6.92 Å². The van der Waals surface area contributed by atoms with Gasteiger partial charge in [0.05, 0.1) is 17.3 Å². The monoisotopic (exact) mass is 393 g/mol. The van der Waals surface area contributed by atoms with Crippen molar-refractivity contribution in [3.8, 4) is 0 Å². The minimum absolute atomic E-state index is 0.116. The number of nitrogens with one attached hydrogen (secondary N) is 2. The topological polar surface area (TPSA) is 77.6 Å². The molecule has 9 heteroatoms. The number of para-hydroxylation sites is 1. The number of thiazole rings is 1. The molecule has 2 heterocycles. The van der Waals surface area contributed by atoms with E-state index in [0.29, 0.717) is 42.0 Å². The largest absolute Gasteiger partial charge is 0.324 e. The Balaban J connectivity index is 1.44. The Morgan fingerprint density at radius 3 is 2.58 bits per heavy atom. The Morgan fingerprint density at radius 2 is 1.92 bits per heavy atom. The first kappa shape index (κ1) is 18.6. The van der Waals surface area contributed by atoms with E-state index in [0.717, 1.165) is 4.88 Å². The minimum atomic E-state index is -0.153. The summed E-state index contributed by atoms with van der Waals surface area (Å²) in [6, 6.07) is 6.99. The summed E-state index contributed by atoms with van der Waals surface area (Å²) in [5, 5.41) is 6.74. The fourth-order valence-electron chi connectivity index (χ4n) is 2.65. The van der Waals surface area contributed by atoms with Gasteiger partial charge in [0.1, 0.15) is 0 Å². The fourth-order valence-corrected chi connectivity index (χ4v) is 3.48. The van der Waals surface area contributed by atoms with E-state index in [1.54, 1.807) is 23.2 Å². The summed E-state index contributed by atoms with van der Waals surface area (Å²) in [4.78, 5) is 33.4. The maximum atomic E-state index is 12.3. The normalized spacial score (nSPS) is 14.9. The van der Waals surface area contributed by atoms with E-state index in [2.05, 4.69) is 15.6 Å². The van der Waals surface area contributed by atoms with Gasteiger partial charge in [-0.1, -0.05) is 23.7 Å². The number of carbonyl (C=O) groups excluding carboxylic acids is 2. The van der Waals surface area contributed by atoms with Gasteiger partial charge in [-0.05, 0) is 19.1 Å². The third kappa shape index (κ3) is 4.94. The Morgan fingerprint density at radius 1 is 1.19 bits per heavy atom. The molecule has 3 rings (SSSR count). The molecule has 0 bridgehead atoms. The van der Waals surface area contributed by atoms with Gasteiger partial charge in [0.25, 0.3) is 0 Å². The van der Waals surface area contributed by atoms with Crippen molar-refractivity contribution in [1.29, 1.82) is 0 Å². The molecule has 138 valence electrons. The number of aromatic nitrogens is 1. The number of piperazine rings is 1. The quantitative estimate of drug-likeness (QED) is 0.837. The van der Waals surface area contributed by atoms with Crippen molar-refractivity contribution in [3.63, 3.8) is 0 Å². The molecule has 0 spiro atoms. The van der Waals surface area contributed by atoms with Crippen LogP contribution in [0.25, 0.3) is 0 Å². The molecule has 1 aliphatic rings. The first-order valence-electron chi connectivity index (χ1n) is 8.26. The van der Waals surface area contributed by atoms with Crippen LogP contribution < -0.4 is 10.6 Å². The van der Waals surface area contributed by atoms with Crippen molar-refractivity contribution < 1.29 is 9.59 Å². The number of anilines is 2. The highest BCUT2D eigenvalue weighted by Crippen LogP contribution is 2.20. The van der Waals surface area contributed by atoms with Crippen LogP contribution in [-0.4, -0.2) is 59.4 Å². The Hall–Kier alpha value is -2.16. The van der Waals surface area contributed by atoms with E-state index < -0.39 is 0 Å². The lowest BCUT2D eigenvalue weighted by Gasteiger charge is -2.34. The number of carbonyl (C=O) groups is 2. The molecular formula is C17H20ClN5O2S. The lowest BCUT2D eigenvalue weighted by molar-refractivity contribution is -0.117. The number of urea groups is 1. The highest BCUT2D eigenvalue weighted by atomic mass is 35.5. The van der Waals surface area contributed by atoms with Gasteiger partial charge in [-0.3, -0.25) is 15.0 Å². The third-order valence-corrected chi connectivity index (χ3v) is 5.17. The van der Waals surface area contributed by atoms with Gasteiger partial charge in [-0.25, -0.2) is 9.78 Å². The lowest BCUT2D eigenvalue weighted by Crippen LogP contribution is -2.51. The standard InChI is InChI=1S/C17H20ClN5O2S/c1-12-10-19-16(26-12)21-17(25)23-8-6-22(7-9-23)11-15(24)20-14-5-3-2-4-13(14)18/h2-5,10H,6-9,11H2,1H3,(H,20,24)(H,19,21,25). The number of hydrogen-bond acceptors (Lipinski definition) is 5. The van der Waals surface area contributed by atoms with Gasteiger partial charge in [0, 0.05) is 37.3 Å². The lowest BCUT2D eigenvalue weighted by atomic mass is 10.3. The number of benzene rings is 1. The summed E-state index contributed by atoms with van der Waals surface area (Å²) in [6.07, 6.45) is 1.73. The molecule has 0 saturated carbocycles. The molecule has 3 amide bonds. The SMILES string of the molecule is Cc1cnc(NC(=O)N2CCN(CC(=O)Nc3ccccc3Cl)CC2)s1. The molecule has 2 N–H and O–H groups in total. The molecule has 1 aromatic carbocycles. The third-order valence-electron chi connectivity index (χ3n) is 4.01. The molecule has 1 aliphatic heterocycles. The molecule has 0 atom stereocenters. The second kappa shape index (κ2) is 8.48. The number of halogens is 1. The molecule has 7 nitrogen and oxygen atoms in total. The van der Waals surface area contributed by atoms with Crippen molar-refractivity contribution in [1.82, 2.24) is 14.8 Å². The molecule has 2 aromatic rings. The smallest absolute Gasteiger partial charge is 0.323 e. The van der Waals surface area contributed by atoms with Crippen molar-refractivity contribution >= 4 is 45.7 Å². The van der Waals surface area contributed by atoms with Gasteiger partial charge < -0.3 is 10.2 Å². The highest BCUT2D eigenvalue weighted by Gasteiger charge is 2.23. The Labute approximate surface area is 161 Å². The first-order valence-corrected chi connectivity index (χ1v) is 9.46. The second-order valence-corrected chi connectivity index (χ2v) is 7.64. The minimum Gasteiger partial charge on any atom is -0.324 e. The molecular weight excluding hydrogens is 374 g/mol. The zero-order valence-electron chi connectivity index (χ0n) is 14.4. The van der Waals surface area contributed by atoms with E-state index in [1.807, 2.05) is 24.0 Å². The second-order valence-electron chi connectivity index (χ2n) is 6.00. The first-order chi connectivity index (χ1) is 12.5. The van der Waals surface area contributed by atoms with E-state index in [1.165, 1.54) is 11.3 Å². The fraction of sp³-hybridized carbons (Fsp3) is 0.353. The van der Waals surface area contributed by atoms with E-state index in [4.69, 9.17) is 11.6 Å². The van der Waals surface area contributed by atoms with Crippen molar-refractivity contribution in [2.24, 2.45) is 0 Å². The van der Waals surface area contributed by atoms with Gasteiger partial charge in [-0.2, -0.15) is 0 Å². The Bertz CT molecular complexity index is 789. The van der Waals surface area contributed by atoms with Gasteiger partial charge >= 0.3 is 6.03 Å². The number of hydrogen-bond donors (Lipinski definition) is 2. The summed E-state index contributed by atoms with van der Waals surface area (Å²) in [5.41, 5.74) is 0.607. The van der Waals surface area contributed by atoms with Gasteiger partial charge in [-0.15, -0.1) is 11.3 Å². The molecule has 1 saturated heterocycles. The van der Waals surface area contributed by atoms with Crippen LogP contribution in [0.3, 0.4) is 0 Å². The number of amides is 3. The van der Waals surface area contributed by atoms with Crippen LogP contribution in [0.15, 0.2) is 30.5 Å². The summed E-state index contributed by atoms with van der Waals surface area (Å²) in [6.45, 7) is 4.62. The molecule has 1 aromatic heterocycles. The van der Waals surface area contributed by atoms with Crippen molar-refractivity contribution in [2.75, 3.05) is 43.4 Å². The van der Waals surface area contributed by atoms with E-state index >= 15 is 0 Å². The zero-order chi connectivity index (χ0) is 18.5. The molecule has 0 aliphatic carbocycles. The summed E-state index contributed by atoms with van der Waals surface area (Å²) in [7, 11) is 0. The predicted octanol–water partition coefficient (Wildman–Crippen LogP) is 2.89. The summed E-state index contributed by atoms with van der Waals surface area (Å²) in [5.74, 6) is -0.116. The maximum Gasteiger partial charge on any atom is 0.323 e. The highest BCUT2D eigenvalue weighted by molar-refractivity contribution is 7.15. The van der Waals surface area contributed by atoms with E-state index in [-0.39, 0.29) is 18.5 Å². The zero-order valence-corrected chi connectivity index (χ0v) is 15.9. The van der Waals surface area contributed by atoms with Crippen LogP contribution in [0.4, 0.5) is 15.6 Å². The van der Waals surface area contributed by atoms with Crippen LogP contribution >= 0.6 is 22.9 Å². The van der Waals surface area contributed by atoms with Crippen LogP contribution in [-0.2, 0) is 4.79 Å². The number of nitrogens with zero attached hydrogens (tertiary/aromatic N) is 3. The Kier molecular flexibility index (Phi) is 6.08. The maximum absolute atomic E-state index is 12.3. The average Bonchev–Trinajstić information content (AvgIpc) is 3.02. The van der Waals surface area contributed by atoms with E-state index in [9.17, 15) is 9.59 Å². The number of rotatable bonds is 4.